The third-order valence-electron chi connectivity index (χ3n) is 8.03. The summed E-state index contributed by atoms with van der Waals surface area (Å²) in [4.78, 5) is 22.6. The smallest absolute Gasteiger partial charge is 0.433 e. The lowest BCUT2D eigenvalue weighted by Crippen LogP contribution is -2.47. The van der Waals surface area contributed by atoms with Gasteiger partial charge in [0.1, 0.15) is 18.1 Å². The molecule has 1 aliphatic heterocycles. The predicted octanol–water partition coefficient (Wildman–Crippen LogP) is 4.67. The molecule has 0 bridgehead atoms. The Bertz CT molecular complexity index is 1540. The Morgan fingerprint density at radius 2 is 1.83 bits per heavy atom. The largest absolute Gasteiger partial charge is 0.496 e. The van der Waals surface area contributed by atoms with E-state index in [1.807, 2.05) is 42.5 Å². The number of amides is 1. The maximum Gasteiger partial charge on any atom is 0.433 e. The second-order valence-corrected chi connectivity index (χ2v) is 11.2. The zero-order chi connectivity index (χ0) is 29.9. The van der Waals surface area contributed by atoms with E-state index in [4.69, 9.17) is 14.5 Å². The van der Waals surface area contributed by atoms with Gasteiger partial charge in [-0.25, -0.2) is 9.78 Å². The molecule has 1 aromatic heterocycles. The lowest BCUT2D eigenvalue weighted by Gasteiger charge is -2.39. The number of benzene rings is 2. The van der Waals surface area contributed by atoms with Gasteiger partial charge in [-0.05, 0) is 60.6 Å². The van der Waals surface area contributed by atoms with E-state index in [9.17, 15) is 23.1 Å². The van der Waals surface area contributed by atoms with E-state index in [1.54, 1.807) is 13.1 Å². The van der Waals surface area contributed by atoms with Crippen LogP contribution in [0.3, 0.4) is 0 Å². The number of methoxy groups -OCH3 is 1. The Labute approximate surface area is 242 Å². The van der Waals surface area contributed by atoms with Crippen LogP contribution in [-0.4, -0.2) is 53.4 Å². The summed E-state index contributed by atoms with van der Waals surface area (Å²) in [5.74, 6) is 0.763. The lowest BCUT2D eigenvalue weighted by molar-refractivity contribution is -0.141. The number of rotatable bonds is 8. The number of likely N-dealkylation sites (N-methyl/N-ethyl adjacent to an activating group) is 1. The van der Waals surface area contributed by atoms with Gasteiger partial charge in [0.05, 0.1) is 30.7 Å². The second kappa shape index (κ2) is 12.1. The molecule has 1 aliphatic carbocycles. The number of fused-ring (bicyclic) bond motifs is 1. The number of aliphatic hydroxyl groups is 1. The Hall–Kier alpha value is -3.92. The first kappa shape index (κ1) is 29.6. The second-order valence-electron chi connectivity index (χ2n) is 11.2. The number of nitrogens with zero attached hydrogens (tertiary/aromatic N) is 3. The molecule has 1 saturated carbocycles. The standard InChI is InChI=1S/C32H34F3N3O4/c1-38(30(39)42-19-21-7-4-3-5-8-21)20-31(40)13-11-22(12-14-31)26-17-23-15-24(28(41-2)18-27(23)37-26)16-25-9-6-10-29(36-25)32(33,34)35/h3-10,15,17-18,22,26,40H,11-14,16,19-20H2,1-2H3. The fourth-order valence-corrected chi connectivity index (χ4v) is 5.77. The molecular weight excluding hydrogens is 547 g/mol. The van der Waals surface area contributed by atoms with Crippen molar-refractivity contribution >= 4 is 12.2 Å². The van der Waals surface area contributed by atoms with E-state index in [0.29, 0.717) is 24.3 Å². The van der Waals surface area contributed by atoms with Crippen molar-refractivity contribution in [2.24, 2.45) is 10.9 Å². The molecule has 1 amide bonds. The molecule has 1 N–H and O–H groups in total. The van der Waals surface area contributed by atoms with Crippen molar-refractivity contribution < 1.29 is 32.5 Å². The summed E-state index contributed by atoms with van der Waals surface area (Å²) in [6.07, 6.45) is -0.184. The van der Waals surface area contributed by atoms with Gasteiger partial charge in [0.15, 0.2) is 0 Å². The number of alkyl halides is 3. The monoisotopic (exact) mass is 581 g/mol. The zero-order valence-electron chi connectivity index (χ0n) is 23.6. The summed E-state index contributed by atoms with van der Waals surface area (Å²) in [6.45, 7) is 0.357. The minimum Gasteiger partial charge on any atom is -0.496 e. The van der Waals surface area contributed by atoms with Gasteiger partial charge in [-0.15, -0.1) is 0 Å². The van der Waals surface area contributed by atoms with Gasteiger partial charge in [-0.2, -0.15) is 13.2 Å². The molecule has 2 heterocycles. The molecule has 0 radical (unpaired) electrons. The van der Waals surface area contributed by atoms with Crippen LogP contribution in [0.1, 0.15) is 48.2 Å². The first-order valence-electron chi connectivity index (χ1n) is 14.0. The van der Waals surface area contributed by atoms with Crippen molar-refractivity contribution in [1.29, 1.82) is 0 Å². The number of carbonyl (C=O) groups excluding carboxylic acids is 1. The fraction of sp³-hybridized carbons (Fsp3) is 0.406. The van der Waals surface area contributed by atoms with Gasteiger partial charge < -0.3 is 19.5 Å². The van der Waals surface area contributed by atoms with E-state index < -0.39 is 23.6 Å². The molecule has 0 saturated heterocycles. The average Bonchev–Trinajstić information content (AvgIpc) is 3.38. The van der Waals surface area contributed by atoms with Crippen molar-refractivity contribution in [3.8, 4) is 5.75 Å². The molecule has 7 nitrogen and oxygen atoms in total. The maximum absolute atomic E-state index is 13.1. The Morgan fingerprint density at radius 3 is 2.52 bits per heavy atom. The highest BCUT2D eigenvalue weighted by Gasteiger charge is 2.38. The first-order valence-corrected chi connectivity index (χ1v) is 14.0. The number of hydrogen-bond donors (Lipinski definition) is 1. The molecular formula is C32H34F3N3O4. The van der Waals surface area contributed by atoms with Crippen LogP contribution in [0.4, 0.5) is 18.0 Å². The van der Waals surface area contributed by atoms with Crippen LogP contribution in [0.25, 0.3) is 6.08 Å². The number of ether oxygens (including phenoxy) is 2. The molecule has 3 aromatic rings. The van der Waals surface area contributed by atoms with Crippen LogP contribution >= 0.6 is 0 Å². The van der Waals surface area contributed by atoms with Crippen LogP contribution in [0.2, 0.25) is 0 Å². The molecule has 1 atom stereocenters. The number of pyridine rings is 1. The van der Waals surface area contributed by atoms with E-state index in [-0.39, 0.29) is 31.5 Å². The molecule has 5 rings (SSSR count). The van der Waals surface area contributed by atoms with Crippen LogP contribution in [0.5, 0.6) is 5.75 Å². The molecule has 0 spiro atoms. The first-order chi connectivity index (χ1) is 20.0. The molecule has 222 valence electrons. The Kier molecular flexibility index (Phi) is 8.54. The van der Waals surface area contributed by atoms with Gasteiger partial charge in [-0.1, -0.05) is 42.5 Å². The van der Waals surface area contributed by atoms with E-state index in [2.05, 4.69) is 11.1 Å². The third kappa shape index (κ3) is 6.92. The molecule has 10 heteroatoms. The SMILES string of the molecule is COc1cc2c(cc1Cc1cccc(C(F)(F)F)n1)=CC(C1CCC(O)(CN(C)C(=O)OCc3ccccc3)CC1)N=2. The fourth-order valence-electron chi connectivity index (χ4n) is 5.77. The minimum atomic E-state index is -4.51. The van der Waals surface area contributed by atoms with Gasteiger partial charge in [-0.3, -0.25) is 4.99 Å². The summed E-state index contributed by atoms with van der Waals surface area (Å²) >= 11 is 0. The normalized spacial score (nSPS) is 21.6. The summed E-state index contributed by atoms with van der Waals surface area (Å²) in [6, 6.07) is 17.0. The van der Waals surface area contributed by atoms with E-state index in [0.717, 1.165) is 40.6 Å². The topological polar surface area (TPSA) is 84.2 Å². The Morgan fingerprint density at radius 1 is 1.10 bits per heavy atom. The van der Waals surface area contributed by atoms with E-state index in [1.165, 1.54) is 18.1 Å². The highest BCUT2D eigenvalue weighted by atomic mass is 19.4. The quantitative estimate of drug-likeness (QED) is 0.418. The van der Waals surface area contributed by atoms with Crippen molar-refractivity contribution in [2.45, 2.75) is 56.5 Å². The molecule has 42 heavy (non-hydrogen) atoms. The molecule has 1 fully saturated rings. The van der Waals surface area contributed by atoms with Gasteiger partial charge >= 0.3 is 12.3 Å². The van der Waals surface area contributed by atoms with Crippen LogP contribution in [-0.2, 0) is 23.9 Å². The summed E-state index contributed by atoms with van der Waals surface area (Å²) < 4.78 is 50.4. The van der Waals surface area contributed by atoms with Crippen molar-refractivity contribution in [2.75, 3.05) is 20.7 Å². The summed E-state index contributed by atoms with van der Waals surface area (Å²) in [5.41, 5.74) is 0.00406. The van der Waals surface area contributed by atoms with Crippen molar-refractivity contribution in [1.82, 2.24) is 9.88 Å². The maximum atomic E-state index is 13.1. The highest BCUT2D eigenvalue weighted by Crippen LogP contribution is 2.36. The van der Waals surface area contributed by atoms with E-state index >= 15 is 0 Å². The zero-order valence-corrected chi connectivity index (χ0v) is 23.6. The Balaban J connectivity index is 1.21. The van der Waals surface area contributed by atoms with Crippen molar-refractivity contribution in [3.63, 3.8) is 0 Å². The summed E-state index contributed by atoms with van der Waals surface area (Å²) in [5, 5.41) is 12.9. The molecule has 2 aromatic carbocycles. The van der Waals surface area contributed by atoms with Gasteiger partial charge in [0, 0.05) is 30.8 Å². The van der Waals surface area contributed by atoms with Crippen LogP contribution in [0, 0.1) is 5.92 Å². The molecule has 1 unspecified atom stereocenters. The highest BCUT2D eigenvalue weighted by molar-refractivity contribution is 5.67. The third-order valence-corrected chi connectivity index (χ3v) is 8.03. The summed E-state index contributed by atoms with van der Waals surface area (Å²) in [7, 11) is 3.16. The number of hydrogen-bond acceptors (Lipinski definition) is 6. The van der Waals surface area contributed by atoms with Crippen LogP contribution in [0.15, 0.2) is 65.7 Å². The van der Waals surface area contributed by atoms with Gasteiger partial charge in [0.25, 0.3) is 0 Å². The number of aromatic nitrogens is 1. The lowest BCUT2D eigenvalue weighted by atomic mass is 9.76. The van der Waals surface area contributed by atoms with Crippen LogP contribution < -0.4 is 15.3 Å². The average molecular weight is 582 g/mol. The molecule has 2 aliphatic rings. The predicted molar refractivity (Wildman–Crippen MR) is 150 cm³/mol. The number of carbonyl (C=O) groups is 1. The van der Waals surface area contributed by atoms with Gasteiger partial charge in [0.2, 0.25) is 0 Å². The van der Waals surface area contributed by atoms with Crippen molar-refractivity contribution in [3.05, 3.63) is 93.8 Å². The minimum absolute atomic E-state index is 0.0789. The number of halogens is 3.